The summed E-state index contributed by atoms with van der Waals surface area (Å²) in [5, 5.41) is 12.1. The van der Waals surface area contributed by atoms with Crippen LogP contribution in [0.3, 0.4) is 0 Å². The Morgan fingerprint density at radius 1 is 0.929 bits per heavy atom. The van der Waals surface area contributed by atoms with E-state index in [0.717, 1.165) is 10.9 Å². The number of nitro benzene ring substituents is 1. The minimum Gasteiger partial charge on any atom is -0.470 e. The van der Waals surface area contributed by atoms with Crippen molar-refractivity contribution < 1.29 is 14.5 Å². The van der Waals surface area contributed by atoms with Crippen molar-refractivity contribution in [2.75, 3.05) is 0 Å². The molecule has 1 aromatic heterocycles. The van der Waals surface area contributed by atoms with Crippen LogP contribution in [-0.4, -0.2) is 15.7 Å². The van der Waals surface area contributed by atoms with Crippen molar-refractivity contribution in [3.8, 4) is 5.75 Å². The van der Waals surface area contributed by atoms with E-state index in [1.54, 1.807) is 42.6 Å². The van der Waals surface area contributed by atoms with Gasteiger partial charge in [0.05, 0.1) is 4.92 Å². The number of nitrogens with zero attached hydrogens (tertiary/aromatic N) is 1. The number of ether oxygens (including phenoxy) is 1. The molecule has 0 spiro atoms. The summed E-state index contributed by atoms with van der Waals surface area (Å²) in [6, 6.07) is 22.5. The van der Waals surface area contributed by atoms with Crippen LogP contribution in [0.25, 0.3) is 10.9 Å². The van der Waals surface area contributed by atoms with Crippen LogP contribution in [-0.2, 0) is 0 Å². The van der Waals surface area contributed by atoms with Gasteiger partial charge in [-0.2, -0.15) is 0 Å². The maximum absolute atomic E-state index is 13.4. The zero-order valence-electron chi connectivity index (χ0n) is 14.7. The van der Waals surface area contributed by atoms with E-state index in [2.05, 4.69) is 4.98 Å². The van der Waals surface area contributed by atoms with Gasteiger partial charge in [0.2, 0.25) is 5.78 Å². The predicted octanol–water partition coefficient (Wildman–Crippen LogP) is 5.08. The third-order valence-corrected chi connectivity index (χ3v) is 4.50. The number of Topliss-reactive ketones (excluding diaryl/α,β-unsaturated/α-hetero) is 1. The topological polar surface area (TPSA) is 85.2 Å². The molecule has 1 heterocycles. The zero-order valence-corrected chi connectivity index (χ0v) is 14.7. The quantitative estimate of drug-likeness (QED) is 0.291. The molecule has 28 heavy (non-hydrogen) atoms. The normalized spacial score (nSPS) is 11.9. The van der Waals surface area contributed by atoms with Gasteiger partial charge >= 0.3 is 5.69 Å². The Kier molecular flexibility index (Phi) is 4.60. The number of nitro groups is 1. The Hall–Kier alpha value is -3.93. The van der Waals surface area contributed by atoms with Crippen LogP contribution in [0.5, 0.6) is 5.75 Å². The van der Waals surface area contributed by atoms with Gasteiger partial charge in [-0.1, -0.05) is 60.7 Å². The smallest absolute Gasteiger partial charge is 0.310 e. The summed E-state index contributed by atoms with van der Waals surface area (Å²) < 4.78 is 5.92. The van der Waals surface area contributed by atoms with E-state index in [-0.39, 0.29) is 17.2 Å². The average molecular weight is 372 g/mol. The fourth-order valence-electron chi connectivity index (χ4n) is 3.15. The van der Waals surface area contributed by atoms with Gasteiger partial charge in [-0.25, -0.2) is 0 Å². The first-order chi connectivity index (χ1) is 13.6. The molecule has 4 aromatic rings. The molecule has 6 heteroatoms. The molecule has 6 nitrogen and oxygen atoms in total. The highest BCUT2D eigenvalue weighted by atomic mass is 16.6. The number of hydrogen-bond acceptors (Lipinski definition) is 4. The average Bonchev–Trinajstić information content (AvgIpc) is 3.16. The number of benzene rings is 3. The number of H-pyrrole nitrogens is 1. The van der Waals surface area contributed by atoms with E-state index in [0.29, 0.717) is 11.1 Å². The molecule has 0 radical (unpaired) electrons. The van der Waals surface area contributed by atoms with Gasteiger partial charge < -0.3 is 9.72 Å². The molecule has 0 amide bonds. The Morgan fingerprint density at radius 3 is 2.39 bits per heavy atom. The number of rotatable bonds is 6. The van der Waals surface area contributed by atoms with E-state index in [1.807, 2.05) is 30.3 Å². The third-order valence-electron chi connectivity index (χ3n) is 4.50. The molecule has 0 bridgehead atoms. The van der Waals surface area contributed by atoms with E-state index < -0.39 is 11.0 Å². The molecule has 0 saturated heterocycles. The van der Waals surface area contributed by atoms with E-state index in [4.69, 9.17) is 4.74 Å². The summed E-state index contributed by atoms with van der Waals surface area (Å²) in [5.41, 5.74) is 1.75. The lowest BCUT2D eigenvalue weighted by Crippen LogP contribution is -2.19. The minimum atomic E-state index is -1.01. The van der Waals surface area contributed by atoms with Gasteiger partial charge in [-0.05, 0) is 12.1 Å². The largest absolute Gasteiger partial charge is 0.470 e. The van der Waals surface area contributed by atoms with Crippen molar-refractivity contribution in [2.45, 2.75) is 6.10 Å². The summed E-state index contributed by atoms with van der Waals surface area (Å²) in [6.07, 6.45) is 0.632. The molecule has 0 aliphatic heterocycles. The second-order valence-corrected chi connectivity index (χ2v) is 6.25. The SMILES string of the molecule is O=C(c1c[nH]c2ccccc12)[C@H](Oc1ccccc1[N+](=O)[O-])c1ccccc1. The van der Waals surface area contributed by atoms with Crippen LogP contribution in [0, 0.1) is 10.1 Å². The van der Waals surface area contributed by atoms with E-state index in [1.165, 1.54) is 12.1 Å². The number of hydrogen-bond donors (Lipinski definition) is 1. The number of nitrogens with one attached hydrogen (secondary N) is 1. The van der Waals surface area contributed by atoms with Crippen LogP contribution in [0.1, 0.15) is 22.0 Å². The van der Waals surface area contributed by atoms with Crippen LogP contribution in [0.15, 0.2) is 85.1 Å². The lowest BCUT2D eigenvalue weighted by Gasteiger charge is -2.18. The fraction of sp³-hybridized carbons (Fsp3) is 0.0455. The first kappa shape index (κ1) is 17.5. The van der Waals surface area contributed by atoms with E-state index >= 15 is 0 Å². The Bertz CT molecular complexity index is 1150. The first-order valence-corrected chi connectivity index (χ1v) is 8.70. The standard InChI is InChI=1S/C22H16N2O4/c25-21(17-14-23-18-11-5-4-10-16(17)18)22(15-8-2-1-3-9-15)28-20-13-7-6-12-19(20)24(26)27/h1-14,22-23H/t22-/m1/s1. The van der Waals surface area contributed by atoms with Crippen LogP contribution in [0.2, 0.25) is 0 Å². The van der Waals surface area contributed by atoms with Crippen molar-refractivity contribution in [1.29, 1.82) is 0 Å². The van der Waals surface area contributed by atoms with Crippen LogP contribution < -0.4 is 4.74 Å². The molecule has 0 unspecified atom stereocenters. The van der Waals surface area contributed by atoms with E-state index in [9.17, 15) is 14.9 Å². The molecule has 1 atom stereocenters. The molecule has 4 rings (SSSR count). The first-order valence-electron chi connectivity index (χ1n) is 8.70. The van der Waals surface area contributed by atoms with Crippen LogP contribution >= 0.6 is 0 Å². The highest BCUT2D eigenvalue weighted by Crippen LogP contribution is 2.33. The molecule has 3 aromatic carbocycles. The summed E-state index contributed by atoms with van der Waals surface area (Å²) >= 11 is 0. The highest BCUT2D eigenvalue weighted by Gasteiger charge is 2.28. The number of carbonyl (C=O) groups excluding carboxylic acids is 1. The number of fused-ring (bicyclic) bond motifs is 1. The molecule has 0 aliphatic rings. The number of aromatic nitrogens is 1. The maximum Gasteiger partial charge on any atom is 0.310 e. The molecule has 1 N–H and O–H groups in total. The number of carbonyl (C=O) groups is 1. The Balaban J connectivity index is 1.79. The minimum absolute atomic E-state index is 0.0505. The Labute approximate surface area is 160 Å². The summed E-state index contributed by atoms with van der Waals surface area (Å²) in [4.78, 5) is 27.3. The van der Waals surface area contributed by atoms with Gasteiger partial charge in [0.15, 0.2) is 11.9 Å². The number of ketones is 1. The Morgan fingerprint density at radius 2 is 1.61 bits per heavy atom. The fourth-order valence-corrected chi connectivity index (χ4v) is 3.15. The summed E-state index contributed by atoms with van der Waals surface area (Å²) in [6.45, 7) is 0. The maximum atomic E-state index is 13.4. The molecule has 138 valence electrons. The number of aromatic amines is 1. The second kappa shape index (κ2) is 7.36. The van der Waals surface area contributed by atoms with Gasteiger partial charge in [0, 0.05) is 34.3 Å². The number of para-hydroxylation sites is 3. The predicted molar refractivity (Wildman–Crippen MR) is 106 cm³/mol. The van der Waals surface area contributed by atoms with Gasteiger partial charge in [0.25, 0.3) is 0 Å². The molecule has 0 saturated carbocycles. The lowest BCUT2D eigenvalue weighted by molar-refractivity contribution is -0.386. The molecule has 0 fully saturated rings. The van der Waals surface area contributed by atoms with Crippen molar-refractivity contribution in [3.63, 3.8) is 0 Å². The molecular formula is C22H16N2O4. The summed E-state index contributed by atoms with van der Waals surface area (Å²) in [5.74, 6) is -0.226. The zero-order chi connectivity index (χ0) is 19.5. The van der Waals surface area contributed by atoms with Crippen molar-refractivity contribution in [1.82, 2.24) is 4.98 Å². The third kappa shape index (κ3) is 3.23. The van der Waals surface area contributed by atoms with Crippen LogP contribution in [0.4, 0.5) is 5.69 Å². The van der Waals surface area contributed by atoms with Crippen molar-refractivity contribution >= 4 is 22.4 Å². The van der Waals surface area contributed by atoms with Crippen molar-refractivity contribution in [3.05, 3.63) is 106 Å². The second-order valence-electron chi connectivity index (χ2n) is 6.25. The lowest BCUT2D eigenvalue weighted by atomic mass is 9.99. The summed E-state index contributed by atoms with van der Waals surface area (Å²) in [7, 11) is 0. The van der Waals surface area contributed by atoms with Gasteiger partial charge in [0.1, 0.15) is 0 Å². The van der Waals surface area contributed by atoms with Gasteiger partial charge in [-0.3, -0.25) is 14.9 Å². The molecular weight excluding hydrogens is 356 g/mol. The van der Waals surface area contributed by atoms with Crippen molar-refractivity contribution in [2.24, 2.45) is 0 Å². The highest BCUT2D eigenvalue weighted by molar-refractivity contribution is 6.10. The van der Waals surface area contributed by atoms with Gasteiger partial charge in [-0.15, -0.1) is 0 Å². The molecule has 0 aliphatic carbocycles. The monoisotopic (exact) mass is 372 g/mol.